The number of rotatable bonds is 6. The minimum Gasteiger partial charge on any atom is -0.497 e. The standard InChI is InChI=1S/C22H17F2N3OS/c1-28-20-9-7-16(8-10-20)21-25-26-22(27(21)19-5-3-2-4-6-19)29-14-15-11-17(23)13-18(24)12-15/h2-13H,14H2,1H3. The van der Waals surface area contributed by atoms with Gasteiger partial charge in [0.15, 0.2) is 11.0 Å². The van der Waals surface area contributed by atoms with E-state index in [0.29, 0.717) is 22.3 Å². The largest absolute Gasteiger partial charge is 0.497 e. The van der Waals surface area contributed by atoms with Crippen LogP contribution in [0.15, 0.2) is 78.0 Å². The first-order chi connectivity index (χ1) is 14.1. The minimum absolute atomic E-state index is 0.363. The Hall–Kier alpha value is -3.19. The predicted molar refractivity (Wildman–Crippen MR) is 109 cm³/mol. The zero-order valence-electron chi connectivity index (χ0n) is 15.5. The number of hydrogen-bond acceptors (Lipinski definition) is 4. The predicted octanol–water partition coefficient (Wildman–Crippen LogP) is 5.51. The van der Waals surface area contributed by atoms with Crippen molar-refractivity contribution in [1.29, 1.82) is 0 Å². The van der Waals surface area contributed by atoms with Crippen molar-refractivity contribution >= 4 is 11.8 Å². The zero-order valence-corrected chi connectivity index (χ0v) is 16.4. The maximum atomic E-state index is 13.5. The number of methoxy groups -OCH3 is 1. The van der Waals surface area contributed by atoms with Crippen molar-refractivity contribution in [2.45, 2.75) is 10.9 Å². The number of halogens is 2. The Morgan fingerprint density at radius 1 is 0.897 bits per heavy atom. The first-order valence-corrected chi connectivity index (χ1v) is 9.85. The molecule has 0 saturated carbocycles. The fourth-order valence-electron chi connectivity index (χ4n) is 2.94. The third-order valence-electron chi connectivity index (χ3n) is 4.29. The van der Waals surface area contributed by atoms with Crippen LogP contribution in [-0.4, -0.2) is 21.9 Å². The normalized spacial score (nSPS) is 10.9. The van der Waals surface area contributed by atoms with Crippen LogP contribution < -0.4 is 4.74 Å². The van der Waals surface area contributed by atoms with Gasteiger partial charge in [0.1, 0.15) is 17.4 Å². The van der Waals surface area contributed by atoms with Gasteiger partial charge in [-0.3, -0.25) is 4.57 Å². The van der Waals surface area contributed by atoms with E-state index in [1.807, 2.05) is 59.2 Å². The van der Waals surface area contributed by atoms with E-state index in [-0.39, 0.29) is 0 Å². The molecule has 0 aliphatic rings. The van der Waals surface area contributed by atoms with Crippen LogP contribution in [0.1, 0.15) is 5.56 Å². The molecule has 0 unspecified atom stereocenters. The lowest BCUT2D eigenvalue weighted by Crippen LogP contribution is -2.00. The third-order valence-corrected chi connectivity index (χ3v) is 5.29. The highest BCUT2D eigenvalue weighted by Gasteiger charge is 2.16. The number of aromatic nitrogens is 3. The van der Waals surface area contributed by atoms with Gasteiger partial charge in [-0.05, 0) is 54.1 Å². The van der Waals surface area contributed by atoms with Gasteiger partial charge in [-0.2, -0.15) is 0 Å². The van der Waals surface area contributed by atoms with Crippen molar-refractivity contribution in [2.24, 2.45) is 0 Å². The van der Waals surface area contributed by atoms with Crippen molar-refractivity contribution in [3.05, 3.63) is 90.0 Å². The molecule has 4 aromatic rings. The summed E-state index contributed by atoms with van der Waals surface area (Å²) in [6.45, 7) is 0. The molecule has 3 aromatic carbocycles. The maximum absolute atomic E-state index is 13.5. The molecule has 0 bridgehead atoms. The highest BCUT2D eigenvalue weighted by Crippen LogP contribution is 2.30. The van der Waals surface area contributed by atoms with Crippen LogP contribution in [0.4, 0.5) is 8.78 Å². The lowest BCUT2D eigenvalue weighted by molar-refractivity contribution is 0.415. The molecule has 0 spiro atoms. The molecule has 7 heteroatoms. The molecule has 4 rings (SSSR count). The number of ether oxygens (including phenoxy) is 1. The second-order valence-corrected chi connectivity index (χ2v) is 7.21. The Morgan fingerprint density at radius 3 is 2.24 bits per heavy atom. The highest BCUT2D eigenvalue weighted by atomic mass is 32.2. The lowest BCUT2D eigenvalue weighted by Gasteiger charge is -2.11. The van der Waals surface area contributed by atoms with E-state index >= 15 is 0 Å². The fourth-order valence-corrected chi connectivity index (χ4v) is 3.82. The summed E-state index contributed by atoms with van der Waals surface area (Å²) in [6.07, 6.45) is 0. The van der Waals surface area contributed by atoms with Crippen molar-refractivity contribution < 1.29 is 13.5 Å². The van der Waals surface area contributed by atoms with Crippen LogP contribution in [0.3, 0.4) is 0 Å². The molecular weight excluding hydrogens is 392 g/mol. The number of benzene rings is 3. The molecule has 0 saturated heterocycles. The van der Waals surface area contributed by atoms with Gasteiger partial charge in [0, 0.05) is 23.1 Å². The Bertz CT molecular complexity index is 1090. The van der Waals surface area contributed by atoms with E-state index in [1.54, 1.807) is 7.11 Å². The second kappa shape index (κ2) is 8.45. The van der Waals surface area contributed by atoms with Gasteiger partial charge in [0.2, 0.25) is 0 Å². The molecule has 146 valence electrons. The Labute approximate surface area is 171 Å². The van der Waals surface area contributed by atoms with Gasteiger partial charge < -0.3 is 4.74 Å². The number of para-hydroxylation sites is 1. The van der Waals surface area contributed by atoms with E-state index in [4.69, 9.17) is 4.74 Å². The van der Waals surface area contributed by atoms with Crippen LogP contribution in [0, 0.1) is 11.6 Å². The van der Waals surface area contributed by atoms with Crippen LogP contribution in [0.5, 0.6) is 5.75 Å². The first kappa shape index (κ1) is 19.1. The molecule has 29 heavy (non-hydrogen) atoms. The van der Waals surface area contributed by atoms with Crippen LogP contribution >= 0.6 is 11.8 Å². The minimum atomic E-state index is -0.593. The number of hydrogen-bond donors (Lipinski definition) is 0. The molecule has 0 fully saturated rings. The Kier molecular flexibility index (Phi) is 5.57. The summed E-state index contributed by atoms with van der Waals surface area (Å²) in [7, 11) is 1.62. The van der Waals surface area contributed by atoms with E-state index < -0.39 is 11.6 Å². The van der Waals surface area contributed by atoms with Gasteiger partial charge in [-0.25, -0.2) is 8.78 Å². The van der Waals surface area contributed by atoms with Crippen molar-refractivity contribution in [3.63, 3.8) is 0 Å². The summed E-state index contributed by atoms with van der Waals surface area (Å²) in [6, 6.07) is 20.8. The number of thioether (sulfide) groups is 1. The highest BCUT2D eigenvalue weighted by molar-refractivity contribution is 7.98. The summed E-state index contributed by atoms with van der Waals surface area (Å²) < 4.78 is 34.1. The molecular formula is C22H17F2N3OS. The quantitative estimate of drug-likeness (QED) is 0.394. The van der Waals surface area contributed by atoms with Gasteiger partial charge in [0.05, 0.1) is 7.11 Å². The maximum Gasteiger partial charge on any atom is 0.196 e. The fraction of sp³-hybridized carbons (Fsp3) is 0.0909. The van der Waals surface area contributed by atoms with Crippen LogP contribution in [0.2, 0.25) is 0 Å². The van der Waals surface area contributed by atoms with E-state index in [2.05, 4.69) is 10.2 Å². The smallest absolute Gasteiger partial charge is 0.196 e. The van der Waals surface area contributed by atoms with Crippen LogP contribution in [0.25, 0.3) is 17.1 Å². The molecule has 0 aliphatic carbocycles. The topological polar surface area (TPSA) is 39.9 Å². The molecule has 0 N–H and O–H groups in total. The number of nitrogens with zero attached hydrogens (tertiary/aromatic N) is 3. The summed E-state index contributed by atoms with van der Waals surface area (Å²) >= 11 is 1.37. The van der Waals surface area contributed by atoms with Crippen molar-refractivity contribution in [3.8, 4) is 22.8 Å². The first-order valence-electron chi connectivity index (χ1n) is 8.87. The molecule has 0 atom stereocenters. The van der Waals surface area contributed by atoms with Crippen molar-refractivity contribution in [2.75, 3.05) is 7.11 Å². The third kappa shape index (κ3) is 4.30. The molecule has 4 nitrogen and oxygen atoms in total. The molecule has 1 aromatic heterocycles. The lowest BCUT2D eigenvalue weighted by atomic mass is 10.2. The van der Waals surface area contributed by atoms with Crippen molar-refractivity contribution in [1.82, 2.24) is 14.8 Å². The summed E-state index contributed by atoms with van der Waals surface area (Å²) in [4.78, 5) is 0. The van der Waals surface area contributed by atoms with Gasteiger partial charge in [-0.15, -0.1) is 10.2 Å². The second-order valence-electron chi connectivity index (χ2n) is 6.27. The SMILES string of the molecule is COc1ccc(-c2nnc(SCc3cc(F)cc(F)c3)n2-c2ccccc2)cc1. The average Bonchev–Trinajstić information content (AvgIpc) is 3.16. The summed E-state index contributed by atoms with van der Waals surface area (Å²) in [5.74, 6) is 0.601. The average molecular weight is 409 g/mol. The molecule has 0 amide bonds. The van der Waals surface area contributed by atoms with Gasteiger partial charge in [0.25, 0.3) is 0 Å². The molecule has 0 radical (unpaired) electrons. The van der Waals surface area contributed by atoms with Gasteiger partial charge in [-0.1, -0.05) is 30.0 Å². The van der Waals surface area contributed by atoms with E-state index in [0.717, 1.165) is 23.1 Å². The van der Waals surface area contributed by atoms with Crippen LogP contribution in [-0.2, 0) is 5.75 Å². The summed E-state index contributed by atoms with van der Waals surface area (Å²) in [5.41, 5.74) is 2.32. The van der Waals surface area contributed by atoms with Gasteiger partial charge >= 0.3 is 0 Å². The Balaban J connectivity index is 1.71. The zero-order chi connectivity index (χ0) is 20.2. The van der Waals surface area contributed by atoms with E-state index in [1.165, 1.54) is 23.9 Å². The summed E-state index contributed by atoms with van der Waals surface area (Å²) in [5, 5.41) is 9.33. The monoisotopic (exact) mass is 409 g/mol. The molecule has 0 aliphatic heterocycles. The molecule has 1 heterocycles. The Morgan fingerprint density at radius 2 is 1.59 bits per heavy atom. The van der Waals surface area contributed by atoms with E-state index in [9.17, 15) is 8.78 Å².